The van der Waals surface area contributed by atoms with E-state index in [2.05, 4.69) is 0 Å². The Kier molecular flexibility index (Phi) is 3.89. The van der Waals surface area contributed by atoms with E-state index in [1.54, 1.807) is 0 Å². The molecule has 0 heterocycles. The Balaban J connectivity index is 1.90. The van der Waals surface area contributed by atoms with Gasteiger partial charge in [0.05, 0.1) is 6.61 Å². The topological polar surface area (TPSA) is 35.2 Å². The zero-order chi connectivity index (χ0) is 12.1. The highest BCUT2D eigenvalue weighted by molar-refractivity contribution is 6.31. The molecular formula is C14H14ClNO. The number of ether oxygens (including phenoxy) is 1. The Bertz CT molecular complexity index is 499. The molecule has 0 amide bonds. The first kappa shape index (κ1) is 11.8. The third kappa shape index (κ3) is 3.40. The van der Waals surface area contributed by atoms with Crippen LogP contribution in [0.2, 0.25) is 5.02 Å². The third-order valence-electron chi connectivity index (χ3n) is 2.46. The van der Waals surface area contributed by atoms with Gasteiger partial charge in [0.1, 0.15) is 5.75 Å². The number of nitrogen functional groups attached to an aromatic ring is 1. The monoisotopic (exact) mass is 247 g/mol. The number of nitrogens with two attached hydrogens (primary N) is 1. The second kappa shape index (κ2) is 5.60. The Morgan fingerprint density at radius 1 is 1.06 bits per heavy atom. The third-order valence-corrected chi connectivity index (χ3v) is 2.82. The molecule has 88 valence electrons. The van der Waals surface area contributed by atoms with Crippen LogP contribution >= 0.6 is 11.6 Å². The van der Waals surface area contributed by atoms with Crippen LogP contribution in [0.3, 0.4) is 0 Å². The maximum atomic E-state index is 6.06. The molecule has 3 heteroatoms. The molecule has 0 atom stereocenters. The zero-order valence-corrected chi connectivity index (χ0v) is 10.2. The number of benzene rings is 2. The van der Waals surface area contributed by atoms with Crippen molar-refractivity contribution in [2.24, 2.45) is 0 Å². The summed E-state index contributed by atoms with van der Waals surface area (Å²) in [5.41, 5.74) is 7.47. The second-order valence-electron chi connectivity index (χ2n) is 3.76. The number of rotatable bonds is 4. The summed E-state index contributed by atoms with van der Waals surface area (Å²) in [6, 6.07) is 15.2. The van der Waals surface area contributed by atoms with Gasteiger partial charge in [-0.2, -0.15) is 0 Å². The molecule has 0 radical (unpaired) electrons. The molecule has 2 aromatic rings. The van der Waals surface area contributed by atoms with E-state index in [1.165, 1.54) is 0 Å². The lowest BCUT2D eigenvalue weighted by atomic mass is 10.2. The molecule has 0 aliphatic heterocycles. The van der Waals surface area contributed by atoms with E-state index in [4.69, 9.17) is 22.1 Å². The van der Waals surface area contributed by atoms with Crippen molar-refractivity contribution in [3.63, 3.8) is 0 Å². The molecule has 0 aromatic heterocycles. The van der Waals surface area contributed by atoms with Crippen LogP contribution in [0.4, 0.5) is 5.69 Å². The molecular weight excluding hydrogens is 234 g/mol. The summed E-state index contributed by atoms with van der Waals surface area (Å²) < 4.78 is 5.61. The molecule has 2 N–H and O–H groups in total. The highest BCUT2D eigenvalue weighted by Gasteiger charge is 1.99. The van der Waals surface area contributed by atoms with Gasteiger partial charge in [0.25, 0.3) is 0 Å². The minimum Gasteiger partial charge on any atom is -0.493 e. The Morgan fingerprint density at radius 2 is 1.88 bits per heavy atom. The van der Waals surface area contributed by atoms with Crippen LogP contribution in [-0.2, 0) is 6.42 Å². The van der Waals surface area contributed by atoms with Gasteiger partial charge in [0.2, 0.25) is 0 Å². The van der Waals surface area contributed by atoms with Crippen molar-refractivity contribution in [1.82, 2.24) is 0 Å². The standard InChI is InChI=1S/C14H14ClNO/c15-14-7-2-1-4-11(14)8-9-17-13-6-3-5-12(16)10-13/h1-7,10H,8-9,16H2. The summed E-state index contributed by atoms with van der Waals surface area (Å²) in [6.45, 7) is 0.590. The molecule has 2 aromatic carbocycles. The van der Waals surface area contributed by atoms with Gasteiger partial charge in [-0.15, -0.1) is 0 Å². The first-order chi connectivity index (χ1) is 8.25. The van der Waals surface area contributed by atoms with Crippen molar-refractivity contribution in [2.45, 2.75) is 6.42 Å². The van der Waals surface area contributed by atoms with Crippen LogP contribution in [0, 0.1) is 0 Å². The quantitative estimate of drug-likeness (QED) is 0.839. The molecule has 0 unspecified atom stereocenters. The fourth-order valence-electron chi connectivity index (χ4n) is 1.58. The summed E-state index contributed by atoms with van der Waals surface area (Å²) in [6.07, 6.45) is 0.786. The SMILES string of the molecule is Nc1cccc(OCCc2ccccc2Cl)c1. The summed E-state index contributed by atoms with van der Waals surface area (Å²) in [4.78, 5) is 0. The van der Waals surface area contributed by atoms with Crippen molar-refractivity contribution in [1.29, 1.82) is 0 Å². The Morgan fingerprint density at radius 3 is 2.65 bits per heavy atom. The van der Waals surface area contributed by atoms with E-state index >= 15 is 0 Å². The molecule has 2 nitrogen and oxygen atoms in total. The van der Waals surface area contributed by atoms with Crippen molar-refractivity contribution in [3.8, 4) is 5.75 Å². The van der Waals surface area contributed by atoms with Crippen molar-refractivity contribution >= 4 is 17.3 Å². The largest absolute Gasteiger partial charge is 0.493 e. The molecule has 0 saturated heterocycles. The summed E-state index contributed by atoms with van der Waals surface area (Å²) >= 11 is 6.06. The van der Waals surface area contributed by atoms with E-state index < -0.39 is 0 Å². The van der Waals surface area contributed by atoms with Gasteiger partial charge in [0.15, 0.2) is 0 Å². The van der Waals surface area contributed by atoms with Gasteiger partial charge in [-0.1, -0.05) is 35.9 Å². The van der Waals surface area contributed by atoms with Crippen molar-refractivity contribution < 1.29 is 4.74 Å². The highest BCUT2D eigenvalue weighted by Crippen LogP contribution is 2.17. The molecule has 0 spiro atoms. The average Bonchev–Trinajstić information content (AvgIpc) is 2.32. The number of anilines is 1. The Labute approximate surface area is 106 Å². The highest BCUT2D eigenvalue weighted by atomic mass is 35.5. The van der Waals surface area contributed by atoms with Crippen molar-refractivity contribution in [2.75, 3.05) is 12.3 Å². The van der Waals surface area contributed by atoms with Crippen LogP contribution in [0.1, 0.15) is 5.56 Å². The number of hydrogen-bond acceptors (Lipinski definition) is 2. The fraction of sp³-hybridized carbons (Fsp3) is 0.143. The molecule has 0 saturated carbocycles. The maximum absolute atomic E-state index is 6.06. The minimum atomic E-state index is 0.590. The van der Waals surface area contributed by atoms with Crippen LogP contribution in [0.5, 0.6) is 5.75 Å². The summed E-state index contributed by atoms with van der Waals surface area (Å²) in [7, 11) is 0. The fourth-order valence-corrected chi connectivity index (χ4v) is 1.81. The summed E-state index contributed by atoms with van der Waals surface area (Å²) in [5.74, 6) is 0.789. The van der Waals surface area contributed by atoms with Gasteiger partial charge in [-0.25, -0.2) is 0 Å². The lowest BCUT2D eigenvalue weighted by Crippen LogP contribution is -2.02. The lowest BCUT2D eigenvalue weighted by molar-refractivity contribution is 0.322. The smallest absolute Gasteiger partial charge is 0.121 e. The van der Waals surface area contributed by atoms with Gasteiger partial charge < -0.3 is 10.5 Å². The van der Waals surface area contributed by atoms with E-state index in [0.29, 0.717) is 12.3 Å². The van der Waals surface area contributed by atoms with Gasteiger partial charge in [-0.05, 0) is 23.8 Å². The summed E-state index contributed by atoms with van der Waals surface area (Å²) in [5, 5.41) is 0.781. The maximum Gasteiger partial charge on any atom is 0.121 e. The molecule has 2 rings (SSSR count). The molecule has 0 aliphatic carbocycles. The van der Waals surface area contributed by atoms with Crippen LogP contribution in [0.15, 0.2) is 48.5 Å². The van der Waals surface area contributed by atoms with Crippen LogP contribution < -0.4 is 10.5 Å². The predicted molar refractivity (Wildman–Crippen MR) is 71.5 cm³/mol. The lowest BCUT2D eigenvalue weighted by Gasteiger charge is -2.07. The molecule has 0 bridgehead atoms. The van der Waals surface area contributed by atoms with E-state index in [1.807, 2.05) is 48.5 Å². The minimum absolute atomic E-state index is 0.590. The molecule has 0 fully saturated rings. The van der Waals surface area contributed by atoms with Crippen LogP contribution in [0.25, 0.3) is 0 Å². The Hall–Kier alpha value is -1.67. The first-order valence-electron chi connectivity index (χ1n) is 5.47. The number of hydrogen-bond donors (Lipinski definition) is 1. The molecule has 17 heavy (non-hydrogen) atoms. The molecule has 0 aliphatic rings. The number of halogens is 1. The van der Waals surface area contributed by atoms with Crippen molar-refractivity contribution in [3.05, 3.63) is 59.1 Å². The van der Waals surface area contributed by atoms with Gasteiger partial charge in [0, 0.05) is 23.2 Å². The normalized spacial score (nSPS) is 10.2. The average molecular weight is 248 g/mol. The van der Waals surface area contributed by atoms with E-state index in [9.17, 15) is 0 Å². The van der Waals surface area contributed by atoms with E-state index in [0.717, 1.165) is 22.8 Å². The predicted octanol–water partition coefficient (Wildman–Crippen LogP) is 3.54. The zero-order valence-electron chi connectivity index (χ0n) is 9.40. The second-order valence-corrected chi connectivity index (χ2v) is 4.17. The van der Waals surface area contributed by atoms with Crippen LogP contribution in [-0.4, -0.2) is 6.61 Å². The van der Waals surface area contributed by atoms with E-state index in [-0.39, 0.29) is 0 Å². The van der Waals surface area contributed by atoms with Gasteiger partial charge >= 0.3 is 0 Å². The van der Waals surface area contributed by atoms with Gasteiger partial charge in [-0.3, -0.25) is 0 Å². The first-order valence-corrected chi connectivity index (χ1v) is 5.85.